The lowest BCUT2D eigenvalue weighted by Crippen LogP contribution is -2.41. The molecule has 0 fully saturated rings. The summed E-state index contributed by atoms with van der Waals surface area (Å²) in [6.07, 6.45) is 0. The summed E-state index contributed by atoms with van der Waals surface area (Å²) in [5.41, 5.74) is 2.03. The largest absolute Gasteiger partial charge is 0.307 e. The highest BCUT2D eigenvalue weighted by Crippen LogP contribution is 2.25. The second-order valence-corrected chi connectivity index (χ2v) is 9.65. The molecule has 0 radical (unpaired) electrons. The predicted octanol–water partition coefficient (Wildman–Crippen LogP) is 8.29. The van der Waals surface area contributed by atoms with Gasteiger partial charge in [-0.3, -0.25) is 9.59 Å². The van der Waals surface area contributed by atoms with Crippen LogP contribution in [0.5, 0.6) is 0 Å². The van der Waals surface area contributed by atoms with Gasteiger partial charge in [0.2, 0.25) is 0 Å². The molecular formula is C28H20Cl4N2O2. The van der Waals surface area contributed by atoms with Crippen molar-refractivity contribution in [2.24, 2.45) is 0 Å². The molecule has 0 N–H and O–H groups in total. The Kier molecular flexibility index (Phi) is 8.55. The average molecular weight is 558 g/mol. The molecule has 4 aromatic rings. The lowest BCUT2D eigenvalue weighted by atomic mass is 10.1. The Hall–Kier alpha value is -3.02. The third-order valence-corrected chi connectivity index (χ3v) is 6.27. The molecule has 4 rings (SSSR count). The maximum absolute atomic E-state index is 13.6. The molecule has 4 nitrogen and oxygen atoms in total. The average Bonchev–Trinajstić information content (AvgIpc) is 2.86. The number of nitrogens with zero attached hydrogens (tertiary/aromatic N) is 2. The van der Waals surface area contributed by atoms with Crippen LogP contribution in [0.15, 0.2) is 97.1 Å². The minimum atomic E-state index is -0.295. The molecule has 0 aliphatic carbocycles. The molecular weight excluding hydrogens is 538 g/mol. The van der Waals surface area contributed by atoms with Gasteiger partial charge in [-0.25, -0.2) is 0 Å². The number of hydrogen-bond acceptors (Lipinski definition) is 2. The normalized spacial score (nSPS) is 10.7. The summed E-state index contributed by atoms with van der Waals surface area (Å²) in [4.78, 5) is 30.4. The van der Waals surface area contributed by atoms with Crippen molar-refractivity contribution in [2.75, 3.05) is 22.9 Å². The maximum atomic E-state index is 13.6. The van der Waals surface area contributed by atoms with Gasteiger partial charge in [-0.1, -0.05) is 82.8 Å². The van der Waals surface area contributed by atoms with E-state index in [9.17, 15) is 9.59 Å². The SMILES string of the molecule is O=C(c1cc(Cl)cc(Cl)c1)N(CCN(C(=O)c1cc(Cl)cc(Cl)c1)c1ccccc1)c1ccccc1. The number of anilines is 2. The molecule has 0 unspecified atom stereocenters. The Morgan fingerprint density at radius 1 is 0.500 bits per heavy atom. The standard InChI is InChI=1S/C28H20Cl4N2O2/c29-21-13-19(14-22(30)17-21)27(35)33(25-7-3-1-4-8-25)11-12-34(26-9-5-2-6-10-26)28(36)20-15-23(31)18-24(32)16-20/h1-10,13-18H,11-12H2. The zero-order valence-corrected chi connectivity index (χ0v) is 21.9. The second-order valence-electron chi connectivity index (χ2n) is 7.90. The number of amides is 2. The van der Waals surface area contributed by atoms with Crippen LogP contribution in [-0.4, -0.2) is 24.9 Å². The molecule has 182 valence electrons. The molecule has 8 heteroatoms. The van der Waals surface area contributed by atoms with Crippen LogP contribution >= 0.6 is 46.4 Å². The van der Waals surface area contributed by atoms with Gasteiger partial charge < -0.3 is 9.80 Å². The van der Waals surface area contributed by atoms with E-state index in [4.69, 9.17) is 46.4 Å². The quantitative estimate of drug-likeness (QED) is 0.229. The first-order valence-corrected chi connectivity index (χ1v) is 12.5. The van der Waals surface area contributed by atoms with Gasteiger partial charge >= 0.3 is 0 Å². The van der Waals surface area contributed by atoms with Gasteiger partial charge in [0.1, 0.15) is 0 Å². The van der Waals surface area contributed by atoms with Crippen LogP contribution < -0.4 is 9.80 Å². The minimum absolute atomic E-state index is 0.196. The van der Waals surface area contributed by atoms with Gasteiger partial charge in [-0.05, 0) is 60.7 Å². The highest BCUT2D eigenvalue weighted by Gasteiger charge is 2.23. The van der Waals surface area contributed by atoms with E-state index in [-0.39, 0.29) is 24.9 Å². The number of carbonyl (C=O) groups is 2. The molecule has 0 aromatic heterocycles. The van der Waals surface area contributed by atoms with Crippen molar-refractivity contribution in [1.82, 2.24) is 0 Å². The molecule has 0 atom stereocenters. The summed E-state index contributed by atoms with van der Waals surface area (Å²) in [5, 5.41) is 1.44. The zero-order chi connectivity index (χ0) is 25.7. The monoisotopic (exact) mass is 556 g/mol. The minimum Gasteiger partial charge on any atom is -0.307 e. The molecule has 36 heavy (non-hydrogen) atoms. The summed E-state index contributed by atoms with van der Waals surface area (Å²) < 4.78 is 0. The third-order valence-electron chi connectivity index (χ3n) is 5.39. The van der Waals surface area contributed by atoms with Crippen LogP contribution in [0.4, 0.5) is 11.4 Å². The molecule has 0 heterocycles. The highest BCUT2D eigenvalue weighted by molar-refractivity contribution is 6.36. The predicted molar refractivity (Wildman–Crippen MR) is 149 cm³/mol. The van der Waals surface area contributed by atoms with E-state index in [0.717, 1.165) is 0 Å². The lowest BCUT2D eigenvalue weighted by Gasteiger charge is -2.28. The van der Waals surface area contributed by atoms with E-state index in [1.807, 2.05) is 60.7 Å². The Bertz CT molecular complexity index is 1230. The van der Waals surface area contributed by atoms with Gasteiger partial charge in [0.05, 0.1) is 0 Å². The smallest absolute Gasteiger partial charge is 0.258 e. The summed E-state index contributed by atoms with van der Waals surface area (Å²) >= 11 is 24.6. The van der Waals surface area contributed by atoms with Crippen molar-refractivity contribution in [3.63, 3.8) is 0 Å². The Balaban J connectivity index is 1.69. The third kappa shape index (κ3) is 6.40. The van der Waals surface area contributed by atoms with E-state index in [0.29, 0.717) is 42.6 Å². The molecule has 0 aliphatic heterocycles. The molecule has 0 spiro atoms. The van der Waals surface area contributed by atoms with Crippen molar-refractivity contribution in [3.05, 3.63) is 128 Å². The molecule has 0 saturated heterocycles. The van der Waals surface area contributed by atoms with Crippen molar-refractivity contribution >= 4 is 69.6 Å². The first-order valence-electron chi connectivity index (χ1n) is 11.0. The van der Waals surface area contributed by atoms with Crippen molar-refractivity contribution in [3.8, 4) is 0 Å². The lowest BCUT2D eigenvalue weighted by molar-refractivity contribution is 0.0968. The summed E-state index contributed by atoms with van der Waals surface area (Å²) in [7, 11) is 0. The fourth-order valence-electron chi connectivity index (χ4n) is 3.78. The summed E-state index contributed by atoms with van der Waals surface area (Å²) in [6, 6.07) is 27.8. The maximum Gasteiger partial charge on any atom is 0.258 e. The van der Waals surface area contributed by atoms with Gasteiger partial charge in [0.15, 0.2) is 0 Å². The number of hydrogen-bond donors (Lipinski definition) is 0. The van der Waals surface area contributed by atoms with Gasteiger partial charge in [-0.15, -0.1) is 0 Å². The number of benzene rings is 4. The summed E-state index contributed by atoms with van der Waals surface area (Å²) in [6.45, 7) is 0.393. The highest BCUT2D eigenvalue weighted by atomic mass is 35.5. The number of para-hydroxylation sites is 2. The molecule has 0 saturated carbocycles. The number of rotatable bonds is 7. The van der Waals surface area contributed by atoms with Crippen LogP contribution in [0.3, 0.4) is 0 Å². The molecule has 4 aromatic carbocycles. The van der Waals surface area contributed by atoms with Crippen LogP contribution in [0.2, 0.25) is 20.1 Å². The topological polar surface area (TPSA) is 40.6 Å². The fourth-order valence-corrected chi connectivity index (χ4v) is 4.83. The Morgan fingerprint density at radius 3 is 1.11 bits per heavy atom. The molecule has 0 aliphatic rings. The van der Waals surface area contributed by atoms with Crippen LogP contribution in [0.1, 0.15) is 20.7 Å². The number of halogens is 4. The van der Waals surface area contributed by atoms with E-state index in [1.165, 1.54) is 0 Å². The van der Waals surface area contributed by atoms with Crippen molar-refractivity contribution in [1.29, 1.82) is 0 Å². The second kappa shape index (κ2) is 11.8. The van der Waals surface area contributed by atoms with E-state index in [1.54, 1.807) is 46.2 Å². The van der Waals surface area contributed by atoms with E-state index >= 15 is 0 Å². The van der Waals surface area contributed by atoms with Crippen molar-refractivity contribution in [2.45, 2.75) is 0 Å². The van der Waals surface area contributed by atoms with E-state index < -0.39 is 0 Å². The summed E-state index contributed by atoms with van der Waals surface area (Å²) in [5.74, 6) is -0.589. The number of carbonyl (C=O) groups excluding carboxylic acids is 2. The van der Waals surface area contributed by atoms with Crippen molar-refractivity contribution < 1.29 is 9.59 Å². The Labute approximate surface area is 229 Å². The first kappa shape index (κ1) is 26.1. The van der Waals surface area contributed by atoms with Gasteiger partial charge in [-0.2, -0.15) is 0 Å². The Morgan fingerprint density at radius 2 is 0.806 bits per heavy atom. The molecule has 0 bridgehead atoms. The first-order chi connectivity index (χ1) is 17.3. The van der Waals surface area contributed by atoms with Crippen LogP contribution in [-0.2, 0) is 0 Å². The zero-order valence-electron chi connectivity index (χ0n) is 18.9. The van der Waals surface area contributed by atoms with Gasteiger partial charge in [0.25, 0.3) is 11.8 Å². The molecule has 2 amide bonds. The fraction of sp³-hybridized carbons (Fsp3) is 0.0714. The van der Waals surface area contributed by atoms with Crippen LogP contribution in [0, 0.1) is 0 Å². The van der Waals surface area contributed by atoms with E-state index in [2.05, 4.69) is 0 Å². The van der Waals surface area contributed by atoms with Crippen LogP contribution in [0.25, 0.3) is 0 Å². The van der Waals surface area contributed by atoms with Gasteiger partial charge in [0, 0.05) is 55.7 Å².